The number of amides is 1. The maximum atomic E-state index is 12.9. The fraction of sp³-hybridized carbons (Fsp3) is 0.933. The van der Waals surface area contributed by atoms with Gasteiger partial charge in [0.15, 0.2) is 5.60 Å². The minimum Gasteiger partial charge on any atom is -0.380 e. The lowest BCUT2D eigenvalue weighted by Gasteiger charge is -2.48. The van der Waals surface area contributed by atoms with Crippen LogP contribution in [0.3, 0.4) is 0 Å². The van der Waals surface area contributed by atoms with Crippen molar-refractivity contribution in [3.63, 3.8) is 0 Å². The van der Waals surface area contributed by atoms with E-state index >= 15 is 0 Å². The van der Waals surface area contributed by atoms with E-state index in [1.165, 1.54) is 0 Å². The predicted molar refractivity (Wildman–Crippen MR) is 75.9 cm³/mol. The smallest absolute Gasteiger partial charge is 0.380 e. The van der Waals surface area contributed by atoms with E-state index < -0.39 is 11.8 Å². The van der Waals surface area contributed by atoms with Gasteiger partial charge in [0.25, 0.3) is 0 Å². The molecule has 1 saturated heterocycles. The van der Waals surface area contributed by atoms with Gasteiger partial charge in [-0.3, -0.25) is 9.69 Å². The van der Waals surface area contributed by atoms with Crippen LogP contribution in [0.4, 0.5) is 13.2 Å². The summed E-state index contributed by atoms with van der Waals surface area (Å²) in [5, 5.41) is 9.75. The molecule has 1 heterocycles. The predicted octanol–water partition coefficient (Wildman–Crippen LogP) is 2.05. The number of halogens is 3. The normalized spacial score (nSPS) is 41.4. The van der Waals surface area contributed by atoms with Crippen LogP contribution in [0, 0.1) is 11.8 Å². The van der Waals surface area contributed by atoms with Crippen molar-refractivity contribution in [1.82, 2.24) is 4.90 Å². The SMILES string of the molecule is CC1CN(C2CCC(O)(C(F)(F)F)CC2)C(C)CC1C(N)=O. The first-order chi connectivity index (χ1) is 10.0. The van der Waals surface area contributed by atoms with Crippen molar-refractivity contribution in [2.24, 2.45) is 17.6 Å². The standard InChI is InChI=1S/C15H25F3N2O2/c1-9-8-20(10(2)7-12(9)13(19)21)11-3-5-14(22,6-4-11)15(16,17)18/h9-12,22H,3-8H2,1-2H3,(H2,19,21). The summed E-state index contributed by atoms with van der Waals surface area (Å²) in [6.07, 6.45) is -3.76. The highest BCUT2D eigenvalue weighted by Crippen LogP contribution is 2.43. The van der Waals surface area contributed by atoms with Gasteiger partial charge in [0.2, 0.25) is 5.91 Å². The molecule has 1 amide bonds. The van der Waals surface area contributed by atoms with E-state index in [0.29, 0.717) is 25.8 Å². The lowest BCUT2D eigenvalue weighted by molar-refractivity contribution is -0.272. The minimum atomic E-state index is -4.56. The number of hydrogen-bond acceptors (Lipinski definition) is 3. The lowest BCUT2D eigenvalue weighted by atomic mass is 9.77. The Morgan fingerprint density at radius 1 is 1.27 bits per heavy atom. The number of alkyl halides is 3. The fourth-order valence-corrected chi connectivity index (χ4v) is 3.98. The third kappa shape index (κ3) is 3.25. The number of nitrogens with zero attached hydrogens (tertiary/aromatic N) is 1. The van der Waals surface area contributed by atoms with Gasteiger partial charge in [-0.25, -0.2) is 0 Å². The molecular formula is C15H25F3N2O2. The van der Waals surface area contributed by atoms with Crippen LogP contribution >= 0.6 is 0 Å². The second kappa shape index (κ2) is 6.00. The quantitative estimate of drug-likeness (QED) is 0.818. The largest absolute Gasteiger partial charge is 0.417 e. The van der Waals surface area contributed by atoms with E-state index in [-0.39, 0.29) is 42.7 Å². The van der Waals surface area contributed by atoms with Crippen LogP contribution in [0.2, 0.25) is 0 Å². The highest BCUT2D eigenvalue weighted by Gasteiger charge is 2.55. The number of aliphatic hydroxyl groups is 1. The van der Waals surface area contributed by atoms with Crippen molar-refractivity contribution in [3.8, 4) is 0 Å². The molecule has 3 N–H and O–H groups in total. The van der Waals surface area contributed by atoms with Crippen molar-refractivity contribution in [2.75, 3.05) is 6.54 Å². The molecular weight excluding hydrogens is 297 g/mol. The molecule has 0 bridgehead atoms. The van der Waals surface area contributed by atoms with Crippen molar-refractivity contribution in [1.29, 1.82) is 0 Å². The molecule has 0 aromatic carbocycles. The molecule has 1 saturated carbocycles. The van der Waals surface area contributed by atoms with Crippen LogP contribution in [-0.4, -0.2) is 46.3 Å². The number of primary amides is 1. The van der Waals surface area contributed by atoms with Crippen LogP contribution in [0.1, 0.15) is 46.0 Å². The van der Waals surface area contributed by atoms with Crippen LogP contribution in [0.15, 0.2) is 0 Å². The Hall–Kier alpha value is -0.820. The zero-order valence-electron chi connectivity index (χ0n) is 13.1. The Morgan fingerprint density at radius 3 is 2.27 bits per heavy atom. The highest BCUT2D eigenvalue weighted by molar-refractivity contribution is 5.77. The van der Waals surface area contributed by atoms with Crippen LogP contribution in [0.25, 0.3) is 0 Å². The number of nitrogens with two attached hydrogens (primary N) is 1. The first-order valence-electron chi connectivity index (χ1n) is 7.89. The summed E-state index contributed by atoms with van der Waals surface area (Å²) in [5.41, 5.74) is 2.87. The Bertz CT molecular complexity index is 420. The topological polar surface area (TPSA) is 66.6 Å². The maximum Gasteiger partial charge on any atom is 0.417 e. The number of carbonyl (C=O) groups is 1. The minimum absolute atomic E-state index is 0.0360. The molecule has 22 heavy (non-hydrogen) atoms. The molecule has 7 heteroatoms. The molecule has 0 aromatic rings. The molecule has 0 aromatic heterocycles. The van der Waals surface area contributed by atoms with Gasteiger partial charge in [-0.05, 0) is 44.9 Å². The average Bonchev–Trinajstić information content (AvgIpc) is 2.40. The first kappa shape index (κ1) is 17.5. The van der Waals surface area contributed by atoms with Crippen LogP contribution in [0.5, 0.6) is 0 Å². The maximum absolute atomic E-state index is 12.9. The summed E-state index contributed by atoms with van der Waals surface area (Å²) in [6.45, 7) is 4.62. The molecule has 2 aliphatic rings. The Balaban J connectivity index is 1.99. The molecule has 3 atom stereocenters. The number of piperidine rings is 1. The van der Waals surface area contributed by atoms with E-state index in [2.05, 4.69) is 4.90 Å². The molecule has 2 fully saturated rings. The van der Waals surface area contributed by atoms with E-state index in [4.69, 9.17) is 5.73 Å². The zero-order chi connectivity index (χ0) is 16.7. The van der Waals surface area contributed by atoms with Gasteiger partial charge in [0, 0.05) is 24.5 Å². The summed E-state index contributed by atoms with van der Waals surface area (Å²) in [4.78, 5) is 13.6. The number of likely N-dealkylation sites (tertiary alicyclic amines) is 1. The summed E-state index contributed by atoms with van der Waals surface area (Å²) in [6, 6.07) is 0.157. The van der Waals surface area contributed by atoms with Gasteiger partial charge in [-0.2, -0.15) is 13.2 Å². The number of rotatable bonds is 2. The second-order valence-electron chi connectivity index (χ2n) is 7.03. The molecule has 0 spiro atoms. The van der Waals surface area contributed by atoms with Gasteiger partial charge in [0.1, 0.15) is 0 Å². The number of hydrogen-bond donors (Lipinski definition) is 2. The molecule has 3 unspecified atom stereocenters. The summed E-state index contributed by atoms with van der Waals surface area (Å²) in [7, 11) is 0. The van der Waals surface area contributed by atoms with Crippen molar-refractivity contribution < 1.29 is 23.1 Å². The molecule has 4 nitrogen and oxygen atoms in total. The van der Waals surface area contributed by atoms with Crippen LogP contribution in [-0.2, 0) is 4.79 Å². The van der Waals surface area contributed by atoms with E-state index in [1.807, 2.05) is 13.8 Å². The monoisotopic (exact) mass is 322 g/mol. The summed E-state index contributed by atoms with van der Waals surface area (Å²) in [5.74, 6) is -0.354. The fourth-order valence-electron chi connectivity index (χ4n) is 3.98. The van der Waals surface area contributed by atoms with Crippen molar-refractivity contribution in [2.45, 2.75) is 69.8 Å². The van der Waals surface area contributed by atoms with Gasteiger partial charge in [0.05, 0.1) is 0 Å². The Morgan fingerprint density at radius 2 is 1.82 bits per heavy atom. The Kier molecular flexibility index (Phi) is 4.78. The molecule has 2 rings (SSSR count). The average molecular weight is 322 g/mol. The molecule has 0 radical (unpaired) electrons. The van der Waals surface area contributed by atoms with Crippen LogP contribution < -0.4 is 5.73 Å². The second-order valence-corrected chi connectivity index (χ2v) is 7.03. The highest BCUT2D eigenvalue weighted by atomic mass is 19.4. The number of carbonyl (C=O) groups excluding carboxylic acids is 1. The van der Waals surface area contributed by atoms with E-state index in [9.17, 15) is 23.1 Å². The Labute approximate surface area is 128 Å². The summed E-state index contributed by atoms with van der Waals surface area (Å²) < 4.78 is 38.6. The van der Waals surface area contributed by atoms with Gasteiger partial charge in [-0.15, -0.1) is 0 Å². The van der Waals surface area contributed by atoms with E-state index in [0.717, 1.165) is 0 Å². The summed E-state index contributed by atoms with van der Waals surface area (Å²) >= 11 is 0. The van der Waals surface area contributed by atoms with Gasteiger partial charge >= 0.3 is 6.18 Å². The van der Waals surface area contributed by atoms with Gasteiger partial charge < -0.3 is 10.8 Å². The zero-order valence-corrected chi connectivity index (χ0v) is 13.1. The molecule has 128 valence electrons. The van der Waals surface area contributed by atoms with E-state index in [1.54, 1.807) is 0 Å². The van der Waals surface area contributed by atoms with Crippen molar-refractivity contribution >= 4 is 5.91 Å². The van der Waals surface area contributed by atoms with Crippen molar-refractivity contribution in [3.05, 3.63) is 0 Å². The third-order valence-corrected chi connectivity index (χ3v) is 5.49. The van der Waals surface area contributed by atoms with Gasteiger partial charge in [-0.1, -0.05) is 6.92 Å². The molecule has 1 aliphatic carbocycles. The molecule has 1 aliphatic heterocycles. The first-order valence-corrected chi connectivity index (χ1v) is 7.89. The lowest BCUT2D eigenvalue weighted by Crippen LogP contribution is -2.56. The third-order valence-electron chi connectivity index (χ3n) is 5.49.